The van der Waals surface area contributed by atoms with Crippen molar-refractivity contribution in [3.05, 3.63) is 89.2 Å². The lowest BCUT2D eigenvalue weighted by Gasteiger charge is -2.17. The van der Waals surface area contributed by atoms with Crippen molar-refractivity contribution in [3.63, 3.8) is 0 Å². The summed E-state index contributed by atoms with van der Waals surface area (Å²) >= 11 is 2.15. The largest absolute Gasteiger partial charge is 0.372 e. The molecule has 0 radical (unpaired) electrons. The lowest BCUT2D eigenvalue weighted by atomic mass is 10.1. The third-order valence-corrected chi connectivity index (χ3v) is 6.49. The fourth-order valence-electron chi connectivity index (χ4n) is 4.61. The van der Waals surface area contributed by atoms with Gasteiger partial charge in [0, 0.05) is 49.3 Å². The van der Waals surface area contributed by atoms with Gasteiger partial charge < -0.3 is 9.80 Å². The Morgan fingerprint density at radius 3 is 1.59 bits per heavy atom. The minimum atomic E-state index is 0.987. The van der Waals surface area contributed by atoms with Gasteiger partial charge in [-0.1, -0.05) is 71.2 Å². The van der Waals surface area contributed by atoms with Crippen molar-refractivity contribution in [1.82, 2.24) is 4.98 Å². The molecular formula is C30H34IN3. The van der Waals surface area contributed by atoms with Crippen molar-refractivity contribution in [2.45, 2.75) is 25.7 Å². The summed E-state index contributed by atoms with van der Waals surface area (Å²) in [5.41, 5.74) is 7.19. The van der Waals surface area contributed by atoms with Crippen LogP contribution < -0.4 is 9.80 Å². The third kappa shape index (κ3) is 6.50. The predicted molar refractivity (Wildman–Crippen MR) is 158 cm³/mol. The Kier molecular flexibility index (Phi) is 9.19. The van der Waals surface area contributed by atoms with Gasteiger partial charge in [-0.2, -0.15) is 0 Å². The van der Waals surface area contributed by atoms with Crippen molar-refractivity contribution in [3.8, 4) is 0 Å². The number of anilines is 2. The summed E-state index contributed by atoms with van der Waals surface area (Å²) in [5, 5.41) is 0. The number of pyridine rings is 1. The minimum absolute atomic E-state index is 0.987. The second-order valence-corrected chi connectivity index (χ2v) is 8.72. The highest BCUT2D eigenvalue weighted by molar-refractivity contribution is 14.1. The van der Waals surface area contributed by atoms with Crippen LogP contribution in [0.15, 0.2) is 66.9 Å². The topological polar surface area (TPSA) is 19.4 Å². The summed E-state index contributed by atoms with van der Waals surface area (Å²) in [6, 6.07) is 21.9. The van der Waals surface area contributed by atoms with Gasteiger partial charge in [-0.25, -0.2) is 0 Å². The molecule has 3 nitrogen and oxygen atoms in total. The summed E-state index contributed by atoms with van der Waals surface area (Å²) < 4.78 is 0. The van der Waals surface area contributed by atoms with E-state index in [1.165, 1.54) is 74.4 Å². The van der Waals surface area contributed by atoms with Crippen molar-refractivity contribution in [1.29, 1.82) is 0 Å². The van der Waals surface area contributed by atoms with E-state index in [2.05, 4.69) is 116 Å². The van der Waals surface area contributed by atoms with Gasteiger partial charge in [0.1, 0.15) is 0 Å². The molecule has 0 bridgehead atoms. The molecule has 4 heteroatoms. The molecule has 1 aromatic heterocycles. The summed E-state index contributed by atoms with van der Waals surface area (Å²) in [7, 11) is 0. The van der Waals surface area contributed by atoms with Gasteiger partial charge in [0.25, 0.3) is 0 Å². The van der Waals surface area contributed by atoms with Gasteiger partial charge in [-0.05, 0) is 78.1 Å². The van der Waals surface area contributed by atoms with E-state index in [9.17, 15) is 0 Å². The van der Waals surface area contributed by atoms with E-state index >= 15 is 0 Å². The molecule has 0 N–H and O–H groups in total. The molecule has 2 aliphatic heterocycles. The van der Waals surface area contributed by atoms with E-state index in [1.807, 2.05) is 17.2 Å². The predicted octanol–water partition coefficient (Wildman–Crippen LogP) is 7.67. The molecule has 3 heterocycles. The second-order valence-electron chi connectivity index (χ2n) is 8.72. The fraction of sp³-hybridized carbons (Fsp3) is 0.300. The molecule has 34 heavy (non-hydrogen) atoms. The van der Waals surface area contributed by atoms with Crippen molar-refractivity contribution in [2.24, 2.45) is 0 Å². The average molecular weight is 564 g/mol. The molecule has 0 unspecified atom stereocenters. The SMILES string of the molecule is C(=Cc1cccnc1C=Cc1ccc(N2CCCC2)cc1)c1ccc(N2CCCC2)cc1.CI. The first kappa shape index (κ1) is 24.5. The van der Waals surface area contributed by atoms with Gasteiger partial charge in [0.05, 0.1) is 5.69 Å². The molecule has 2 aromatic carbocycles. The Hall–Kier alpha value is -2.60. The van der Waals surface area contributed by atoms with Crippen LogP contribution in [-0.4, -0.2) is 36.1 Å². The normalized spacial score (nSPS) is 15.8. The van der Waals surface area contributed by atoms with E-state index < -0.39 is 0 Å². The Morgan fingerprint density at radius 2 is 1.09 bits per heavy atom. The molecule has 5 rings (SSSR count). The second kappa shape index (κ2) is 12.7. The van der Waals surface area contributed by atoms with Crippen LogP contribution in [0, 0.1) is 0 Å². The van der Waals surface area contributed by atoms with Crippen LogP contribution in [0.4, 0.5) is 11.4 Å². The van der Waals surface area contributed by atoms with Crippen molar-refractivity contribution in [2.75, 3.05) is 40.9 Å². The summed E-state index contributed by atoms with van der Waals surface area (Å²) in [4.78, 5) is 11.5. The Labute approximate surface area is 218 Å². The van der Waals surface area contributed by atoms with Crippen LogP contribution in [0.1, 0.15) is 48.1 Å². The highest BCUT2D eigenvalue weighted by Gasteiger charge is 2.12. The van der Waals surface area contributed by atoms with E-state index in [0.717, 1.165) is 11.3 Å². The number of benzene rings is 2. The number of nitrogens with zero attached hydrogens (tertiary/aromatic N) is 3. The average Bonchev–Trinajstić information content (AvgIpc) is 3.64. The molecule has 2 aliphatic rings. The summed E-state index contributed by atoms with van der Waals surface area (Å²) in [5.74, 6) is 0. The van der Waals surface area contributed by atoms with Crippen LogP contribution in [0.25, 0.3) is 24.3 Å². The van der Waals surface area contributed by atoms with Gasteiger partial charge >= 0.3 is 0 Å². The van der Waals surface area contributed by atoms with Crippen molar-refractivity contribution >= 4 is 58.3 Å². The zero-order valence-corrected chi connectivity index (χ0v) is 22.2. The molecule has 2 fully saturated rings. The Balaban J connectivity index is 0.00000133. The van der Waals surface area contributed by atoms with Gasteiger partial charge in [0.15, 0.2) is 0 Å². The van der Waals surface area contributed by atoms with Crippen LogP contribution in [0.5, 0.6) is 0 Å². The number of hydrogen-bond donors (Lipinski definition) is 0. The van der Waals surface area contributed by atoms with Crippen LogP contribution in [0.2, 0.25) is 0 Å². The van der Waals surface area contributed by atoms with Crippen LogP contribution >= 0.6 is 22.6 Å². The Bertz CT molecular complexity index is 986. The zero-order valence-electron chi connectivity index (χ0n) is 20.0. The molecular weight excluding hydrogens is 529 g/mol. The number of halogens is 1. The van der Waals surface area contributed by atoms with Gasteiger partial charge in [-0.15, -0.1) is 0 Å². The molecule has 3 aromatic rings. The first-order valence-electron chi connectivity index (χ1n) is 12.2. The molecule has 0 amide bonds. The smallest absolute Gasteiger partial charge is 0.0702 e. The lowest BCUT2D eigenvalue weighted by molar-refractivity contribution is 0.949. The highest BCUT2D eigenvalue weighted by atomic mass is 127. The van der Waals surface area contributed by atoms with E-state index in [4.69, 9.17) is 0 Å². The van der Waals surface area contributed by atoms with Gasteiger partial charge in [0.2, 0.25) is 0 Å². The molecule has 2 saturated heterocycles. The maximum Gasteiger partial charge on any atom is 0.0702 e. The molecule has 0 spiro atoms. The number of hydrogen-bond acceptors (Lipinski definition) is 3. The maximum atomic E-state index is 4.60. The number of alkyl halides is 1. The van der Waals surface area contributed by atoms with Crippen molar-refractivity contribution < 1.29 is 0 Å². The molecule has 176 valence electrons. The quantitative estimate of drug-likeness (QED) is 0.227. The zero-order chi connectivity index (χ0) is 23.6. The lowest BCUT2D eigenvalue weighted by Crippen LogP contribution is -2.17. The number of aromatic nitrogens is 1. The van der Waals surface area contributed by atoms with Crippen LogP contribution in [0.3, 0.4) is 0 Å². The molecule has 0 saturated carbocycles. The summed E-state index contributed by atoms with van der Waals surface area (Å²) in [6.07, 6.45) is 15.7. The van der Waals surface area contributed by atoms with E-state index in [1.54, 1.807) is 0 Å². The minimum Gasteiger partial charge on any atom is -0.372 e. The first-order chi connectivity index (χ1) is 16.8. The maximum absolute atomic E-state index is 4.60. The molecule has 0 atom stereocenters. The standard InChI is InChI=1S/C29H31N3.CH3I/c1-2-21-31(20-1)27-14-8-24(9-15-27)7-13-26-6-5-19-30-29(26)18-12-25-10-16-28(17-11-25)32-22-3-4-23-32;1-2/h5-19H,1-4,20-23H2;1H3. The number of rotatable bonds is 6. The van der Waals surface area contributed by atoms with E-state index in [-0.39, 0.29) is 0 Å². The summed E-state index contributed by atoms with van der Waals surface area (Å²) in [6.45, 7) is 4.72. The van der Waals surface area contributed by atoms with Crippen LogP contribution in [-0.2, 0) is 0 Å². The third-order valence-electron chi connectivity index (χ3n) is 6.49. The van der Waals surface area contributed by atoms with Gasteiger partial charge in [-0.3, -0.25) is 4.98 Å². The van der Waals surface area contributed by atoms with E-state index in [0.29, 0.717) is 0 Å². The monoisotopic (exact) mass is 563 g/mol. The Morgan fingerprint density at radius 1 is 0.618 bits per heavy atom. The highest BCUT2D eigenvalue weighted by Crippen LogP contribution is 2.23. The fourth-order valence-corrected chi connectivity index (χ4v) is 4.61. The first-order valence-corrected chi connectivity index (χ1v) is 14.4. The molecule has 0 aliphatic carbocycles.